The minimum Gasteiger partial charge on any atom is -0.487 e. The van der Waals surface area contributed by atoms with Gasteiger partial charge in [-0.15, -0.1) is 0 Å². The zero-order valence-electron chi connectivity index (χ0n) is 7.06. The average Bonchev–Trinajstić information content (AvgIpc) is 2.93. The molecule has 4 nitrogen and oxygen atoms in total. The maximum atomic E-state index is 10.4. The van der Waals surface area contributed by atoms with E-state index in [4.69, 9.17) is 10.5 Å². The Morgan fingerprint density at radius 3 is 3.00 bits per heavy atom. The minimum absolute atomic E-state index is 0.269. The number of nitrogens with zero attached hydrogens (tertiary/aromatic N) is 1. The highest BCUT2D eigenvalue weighted by Crippen LogP contribution is 2.29. The molecule has 0 bridgehead atoms. The Hall–Kier alpha value is -1.58. The molecule has 0 atom stereocenters. The summed E-state index contributed by atoms with van der Waals surface area (Å²) in [4.78, 5) is 14.3. The average molecular weight is 178 g/mol. The summed E-state index contributed by atoms with van der Waals surface area (Å²) in [7, 11) is 0. The number of carbonyl (C=O) groups excluding carboxylic acids is 1. The van der Waals surface area contributed by atoms with Crippen LogP contribution < -0.4 is 10.5 Å². The first kappa shape index (κ1) is 8.04. The fourth-order valence-electron chi connectivity index (χ4n) is 0.995. The number of aromatic nitrogens is 1. The van der Waals surface area contributed by atoms with Crippen LogP contribution in [-0.4, -0.2) is 17.4 Å². The van der Waals surface area contributed by atoms with Crippen molar-refractivity contribution >= 4 is 12.1 Å². The molecule has 13 heavy (non-hydrogen) atoms. The van der Waals surface area contributed by atoms with Crippen LogP contribution >= 0.6 is 0 Å². The van der Waals surface area contributed by atoms with Crippen molar-refractivity contribution in [1.82, 2.24) is 4.98 Å². The smallest absolute Gasteiger partial charge is 0.166 e. The van der Waals surface area contributed by atoms with Crippen LogP contribution in [0.4, 0.5) is 5.82 Å². The molecule has 0 unspecified atom stereocenters. The van der Waals surface area contributed by atoms with Crippen LogP contribution in [0.25, 0.3) is 0 Å². The summed E-state index contributed by atoms with van der Waals surface area (Å²) in [6.45, 7) is 0. The van der Waals surface area contributed by atoms with Crippen molar-refractivity contribution in [3.63, 3.8) is 0 Å². The van der Waals surface area contributed by atoms with E-state index < -0.39 is 0 Å². The molecule has 0 aliphatic heterocycles. The van der Waals surface area contributed by atoms with Gasteiger partial charge in [-0.2, -0.15) is 0 Å². The minimum atomic E-state index is 0.269. The first-order valence-corrected chi connectivity index (χ1v) is 4.17. The van der Waals surface area contributed by atoms with Gasteiger partial charge in [-0.05, 0) is 18.9 Å². The molecule has 1 aromatic heterocycles. The Morgan fingerprint density at radius 1 is 1.62 bits per heavy atom. The molecule has 0 aromatic carbocycles. The van der Waals surface area contributed by atoms with Gasteiger partial charge in [0.1, 0.15) is 0 Å². The highest BCUT2D eigenvalue weighted by molar-refractivity contribution is 5.76. The van der Waals surface area contributed by atoms with Crippen molar-refractivity contribution in [2.24, 2.45) is 0 Å². The maximum absolute atomic E-state index is 10.4. The van der Waals surface area contributed by atoms with E-state index in [0.717, 1.165) is 19.1 Å². The molecule has 1 saturated carbocycles. The van der Waals surface area contributed by atoms with Crippen LogP contribution in [0.2, 0.25) is 0 Å². The quantitative estimate of drug-likeness (QED) is 0.702. The lowest BCUT2D eigenvalue weighted by Crippen LogP contribution is -2.02. The maximum Gasteiger partial charge on any atom is 0.166 e. The second kappa shape index (κ2) is 3.05. The number of pyridine rings is 1. The molecule has 1 aliphatic carbocycles. The van der Waals surface area contributed by atoms with E-state index >= 15 is 0 Å². The van der Waals surface area contributed by atoms with Crippen LogP contribution in [0.15, 0.2) is 12.3 Å². The van der Waals surface area contributed by atoms with E-state index in [2.05, 4.69) is 4.98 Å². The van der Waals surface area contributed by atoms with E-state index in [9.17, 15) is 4.79 Å². The van der Waals surface area contributed by atoms with Crippen molar-refractivity contribution in [3.05, 3.63) is 17.8 Å². The zero-order valence-corrected chi connectivity index (χ0v) is 7.06. The van der Waals surface area contributed by atoms with Crippen LogP contribution in [0.3, 0.4) is 0 Å². The van der Waals surface area contributed by atoms with Crippen molar-refractivity contribution in [2.75, 3.05) is 5.73 Å². The third-order valence-electron chi connectivity index (χ3n) is 1.86. The Bertz CT molecular complexity index is 334. The third kappa shape index (κ3) is 1.77. The van der Waals surface area contributed by atoms with Gasteiger partial charge in [0.2, 0.25) is 0 Å². The third-order valence-corrected chi connectivity index (χ3v) is 1.86. The Balaban J connectivity index is 2.24. The van der Waals surface area contributed by atoms with E-state index in [-0.39, 0.29) is 6.10 Å². The van der Waals surface area contributed by atoms with Gasteiger partial charge in [0.05, 0.1) is 6.10 Å². The predicted molar refractivity (Wildman–Crippen MR) is 47.7 cm³/mol. The van der Waals surface area contributed by atoms with Crippen molar-refractivity contribution < 1.29 is 9.53 Å². The van der Waals surface area contributed by atoms with Gasteiger partial charge in [-0.1, -0.05) is 0 Å². The summed E-state index contributed by atoms with van der Waals surface area (Å²) in [6.07, 6.45) is 4.55. The van der Waals surface area contributed by atoms with Crippen LogP contribution in [0, 0.1) is 0 Å². The second-order valence-electron chi connectivity index (χ2n) is 3.09. The van der Waals surface area contributed by atoms with Gasteiger partial charge in [0.25, 0.3) is 0 Å². The van der Waals surface area contributed by atoms with E-state index in [1.165, 1.54) is 6.20 Å². The van der Waals surface area contributed by atoms with Crippen molar-refractivity contribution in [2.45, 2.75) is 18.9 Å². The lowest BCUT2D eigenvalue weighted by molar-refractivity contribution is 0.112. The molecular weight excluding hydrogens is 168 g/mol. The van der Waals surface area contributed by atoms with E-state index in [0.29, 0.717) is 17.1 Å². The molecule has 1 heterocycles. The molecule has 1 aromatic rings. The molecule has 0 saturated heterocycles. The molecule has 0 radical (unpaired) electrons. The second-order valence-corrected chi connectivity index (χ2v) is 3.09. The molecular formula is C9H10N2O2. The highest BCUT2D eigenvalue weighted by atomic mass is 16.5. The van der Waals surface area contributed by atoms with Crippen molar-refractivity contribution in [3.8, 4) is 5.75 Å². The molecule has 4 heteroatoms. The van der Waals surface area contributed by atoms with Crippen LogP contribution in [0.1, 0.15) is 23.2 Å². The lowest BCUT2D eigenvalue weighted by Gasteiger charge is -2.06. The van der Waals surface area contributed by atoms with Gasteiger partial charge in [0, 0.05) is 11.8 Å². The van der Waals surface area contributed by atoms with Crippen LogP contribution in [-0.2, 0) is 0 Å². The summed E-state index contributed by atoms with van der Waals surface area (Å²) < 4.78 is 5.45. The number of nitrogens with two attached hydrogens (primary N) is 1. The topological polar surface area (TPSA) is 65.2 Å². The molecule has 0 spiro atoms. The monoisotopic (exact) mass is 178 g/mol. The number of carbonyl (C=O) groups is 1. The number of rotatable bonds is 3. The number of ether oxygens (including phenoxy) is 1. The van der Waals surface area contributed by atoms with Gasteiger partial charge in [-0.25, -0.2) is 4.98 Å². The van der Waals surface area contributed by atoms with Crippen LogP contribution in [0.5, 0.6) is 5.75 Å². The van der Waals surface area contributed by atoms with Gasteiger partial charge >= 0.3 is 0 Å². The summed E-state index contributed by atoms with van der Waals surface area (Å²) in [5.41, 5.74) is 6.06. The molecule has 2 rings (SSSR count). The standard InChI is InChI=1S/C9H10N2O2/c10-9-8(13-7-1-2-7)3-6(5-12)4-11-9/h3-5,7H,1-2H2,(H2,10,11). The molecule has 1 aliphatic rings. The fourth-order valence-corrected chi connectivity index (χ4v) is 0.995. The summed E-state index contributed by atoms with van der Waals surface area (Å²) in [5, 5.41) is 0. The Kier molecular flexibility index (Phi) is 1.88. The number of hydrogen-bond donors (Lipinski definition) is 1. The summed E-state index contributed by atoms with van der Waals surface area (Å²) >= 11 is 0. The summed E-state index contributed by atoms with van der Waals surface area (Å²) in [6, 6.07) is 1.62. The lowest BCUT2D eigenvalue weighted by atomic mass is 10.3. The predicted octanol–water partition coefficient (Wildman–Crippen LogP) is 1.02. The number of nitrogen functional groups attached to an aromatic ring is 1. The highest BCUT2D eigenvalue weighted by Gasteiger charge is 2.24. The molecule has 1 fully saturated rings. The van der Waals surface area contributed by atoms with Gasteiger partial charge in [0.15, 0.2) is 17.9 Å². The normalized spacial score (nSPS) is 15.4. The number of anilines is 1. The molecule has 68 valence electrons. The fraction of sp³-hybridized carbons (Fsp3) is 0.333. The van der Waals surface area contributed by atoms with Crippen molar-refractivity contribution in [1.29, 1.82) is 0 Å². The van der Waals surface area contributed by atoms with E-state index in [1.54, 1.807) is 6.07 Å². The van der Waals surface area contributed by atoms with Gasteiger partial charge in [-0.3, -0.25) is 4.79 Å². The first-order chi connectivity index (χ1) is 6.29. The zero-order chi connectivity index (χ0) is 9.26. The van der Waals surface area contributed by atoms with E-state index in [1.807, 2.05) is 0 Å². The molecule has 0 amide bonds. The molecule has 2 N–H and O–H groups in total. The first-order valence-electron chi connectivity index (χ1n) is 4.17. The van der Waals surface area contributed by atoms with Gasteiger partial charge < -0.3 is 10.5 Å². The largest absolute Gasteiger partial charge is 0.487 e. The number of aldehydes is 1. The SMILES string of the molecule is Nc1ncc(C=O)cc1OC1CC1. The summed E-state index contributed by atoms with van der Waals surface area (Å²) in [5.74, 6) is 0.865. The number of hydrogen-bond acceptors (Lipinski definition) is 4. The Labute approximate surface area is 75.7 Å². The Morgan fingerprint density at radius 2 is 2.38 bits per heavy atom.